The molecule has 0 fully saturated rings. The van der Waals surface area contributed by atoms with Crippen LogP contribution in [0.4, 0.5) is 0 Å². The van der Waals surface area contributed by atoms with Gasteiger partial charge in [-0.05, 0) is 45.2 Å². The molecule has 0 amide bonds. The van der Waals surface area contributed by atoms with Crippen LogP contribution in [0, 0.1) is 11.3 Å². The van der Waals surface area contributed by atoms with Gasteiger partial charge in [-0.2, -0.15) is 5.26 Å². The minimum Gasteiger partial charge on any atom is -0.490 e. The molecule has 1 aromatic carbocycles. The van der Waals surface area contributed by atoms with Gasteiger partial charge < -0.3 is 9.47 Å². The average Bonchev–Trinajstić information content (AvgIpc) is 2.37. The smallest absolute Gasteiger partial charge is 0.176 e. The summed E-state index contributed by atoms with van der Waals surface area (Å²) in [5.41, 5.74) is 0.521. The second kappa shape index (κ2) is 7.65. The molecule has 0 aliphatic heterocycles. The average molecular weight is 377 g/mol. The van der Waals surface area contributed by atoms with Crippen molar-refractivity contribution in [1.29, 1.82) is 5.26 Å². The Morgan fingerprint density at radius 3 is 2.50 bits per heavy atom. The maximum absolute atomic E-state index is 9.04. The Bertz CT molecular complexity index is 455. The number of rotatable bonds is 6. The van der Waals surface area contributed by atoms with Crippen molar-refractivity contribution in [3.05, 3.63) is 20.6 Å². The van der Waals surface area contributed by atoms with Crippen molar-refractivity contribution in [2.45, 2.75) is 26.7 Å². The van der Waals surface area contributed by atoms with E-state index in [0.717, 1.165) is 17.3 Å². The van der Waals surface area contributed by atoms with Gasteiger partial charge in [0.15, 0.2) is 11.5 Å². The van der Waals surface area contributed by atoms with Gasteiger partial charge in [0, 0.05) is 6.07 Å². The van der Waals surface area contributed by atoms with Crippen LogP contribution in [0.1, 0.15) is 32.3 Å². The van der Waals surface area contributed by atoms with Crippen LogP contribution in [0.5, 0.6) is 11.5 Å². The molecule has 0 saturated heterocycles. The molecule has 0 unspecified atom stereocenters. The predicted octanol–water partition coefficient (Wildman–Crippen LogP) is 4.66. The second-order valence-corrected chi connectivity index (χ2v) is 5.21. The van der Waals surface area contributed by atoms with Crippen molar-refractivity contribution in [3.8, 4) is 17.6 Å². The first kappa shape index (κ1) is 15.3. The van der Waals surface area contributed by atoms with Gasteiger partial charge >= 0.3 is 0 Å². The highest BCUT2D eigenvalue weighted by Crippen LogP contribution is 2.42. The first-order valence-corrected chi connectivity index (χ1v) is 7.41. The molecule has 0 heterocycles. The van der Waals surface area contributed by atoms with Crippen LogP contribution in [0.15, 0.2) is 15.0 Å². The molecule has 98 valence electrons. The third-order valence-corrected chi connectivity index (χ3v) is 4.40. The van der Waals surface area contributed by atoms with Gasteiger partial charge in [-0.1, -0.05) is 13.3 Å². The maximum Gasteiger partial charge on any atom is 0.176 e. The van der Waals surface area contributed by atoms with Crippen molar-refractivity contribution < 1.29 is 9.47 Å². The van der Waals surface area contributed by atoms with E-state index in [0.29, 0.717) is 34.7 Å². The lowest BCUT2D eigenvalue weighted by atomic mass is 10.2. The van der Waals surface area contributed by atoms with Crippen LogP contribution in [0.25, 0.3) is 0 Å². The molecule has 0 aliphatic carbocycles. The molecule has 1 rings (SSSR count). The Balaban J connectivity index is 3.12. The van der Waals surface area contributed by atoms with E-state index < -0.39 is 0 Å². The minimum atomic E-state index is 0.521. The Morgan fingerprint density at radius 1 is 1.22 bits per heavy atom. The molecule has 0 aromatic heterocycles. The SMILES string of the molecule is CCCCOc1c(OCC)cc(C#N)c(Br)c1Br. The monoisotopic (exact) mass is 375 g/mol. The Hall–Kier alpha value is -0.730. The number of unbranched alkanes of at least 4 members (excludes halogenated alkanes) is 1. The summed E-state index contributed by atoms with van der Waals surface area (Å²) in [6.07, 6.45) is 2.05. The van der Waals surface area contributed by atoms with Crippen molar-refractivity contribution in [1.82, 2.24) is 0 Å². The Labute approximate surface area is 124 Å². The van der Waals surface area contributed by atoms with Gasteiger partial charge in [-0.3, -0.25) is 0 Å². The van der Waals surface area contributed by atoms with Crippen LogP contribution in [-0.4, -0.2) is 13.2 Å². The number of nitrogens with zero attached hydrogens (tertiary/aromatic N) is 1. The van der Waals surface area contributed by atoms with Crippen molar-refractivity contribution >= 4 is 31.9 Å². The number of nitriles is 1. The highest BCUT2D eigenvalue weighted by atomic mass is 79.9. The summed E-state index contributed by atoms with van der Waals surface area (Å²) in [5.74, 6) is 1.25. The summed E-state index contributed by atoms with van der Waals surface area (Å²) in [7, 11) is 0. The standard InChI is InChI=1S/C13H15Br2NO2/c1-3-5-6-18-13-10(17-4-2)7-9(8-16)11(14)12(13)15/h7H,3-6H2,1-2H3. The second-order valence-electron chi connectivity index (χ2n) is 3.63. The van der Waals surface area contributed by atoms with Crippen molar-refractivity contribution in [3.63, 3.8) is 0 Å². The summed E-state index contributed by atoms with van der Waals surface area (Å²) in [6, 6.07) is 3.81. The third-order valence-electron chi connectivity index (χ3n) is 2.29. The molecule has 3 nitrogen and oxygen atoms in total. The summed E-state index contributed by atoms with van der Waals surface area (Å²) in [5, 5.41) is 9.04. The van der Waals surface area contributed by atoms with Crippen LogP contribution < -0.4 is 9.47 Å². The molecule has 0 aliphatic rings. The molecule has 0 saturated carbocycles. The van der Waals surface area contributed by atoms with Gasteiger partial charge in [0.1, 0.15) is 6.07 Å². The minimum absolute atomic E-state index is 0.521. The van der Waals surface area contributed by atoms with E-state index in [9.17, 15) is 0 Å². The predicted molar refractivity (Wildman–Crippen MR) is 78.1 cm³/mol. The molecule has 0 atom stereocenters. The molecule has 5 heteroatoms. The quantitative estimate of drug-likeness (QED) is 0.678. The van der Waals surface area contributed by atoms with Crippen molar-refractivity contribution in [2.75, 3.05) is 13.2 Å². The van der Waals surface area contributed by atoms with Crippen LogP contribution in [0.3, 0.4) is 0 Å². The lowest BCUT2D eigenvalue weighted by Gasteiger charge is -2.15. The molecule has 1 aromatic rings. The van der Waals surface area contributed by atoms with Gasteiger partial charge in [0.2, 0.25) is 0 Å². The topological polar surface area (TPSA) is 42.2 Å². The van der Waals surface area contributed by atoms with Gasteiger partial charge in [-0.25, -0.2) is 0 Å². The van der Waals surface area contributed by atoms with E-state index in [-0.39, 0.29) is 0 Å². The summed E-state index contributed by atoms with van der Waals surface area (Å²) < 4.78 is 12.7. The van der Waals surface area contributed by atoms with E-state index >= 15 is 0 Å². The van der Waals surface area contributed by atoms with Gasteiger partial charge in [0.05, 0.1) is 27.7 Å². The lowest BCUT2D eigenvalue weighted by molar-refractivity contribution is 0.271. The zero-order chi connectivity index (χ0) is 13.5. The molecule has 0 N–H and O–H groups in total. The summed E-state index contributed by atoms with van der Waals surface area (Å²) in [4.78, 5) is 0. The normalized spacial score (nSPS) is 9.94. The number of ether oxygens (including phenoxy) is 2. The largest absolute Gasteiger partial charge is 0.490 e. The number of halogens is 2. The Kier molecular flexibility index (Phi) is 6.51. The van der Waals surface area contributed by atoms with Gasteiger partial charge in [0.25, 0.3) is 0 Å². The zero-order valence-electron chi connectivity index (χ0n) is 10.4. The van der Waals surface area contributed by atoms with Crippen LogP contribution >= 0.6 is 31.9 Å². The zero-order valence-corrected chi connectivity index (χ0v) is 13.6. The fourth-order valence-corrected chi connectivity index (χ4v) is 2.29. The molecule has 0 bridgehead atoms. The molecular weight excluding hydrogens is 362 g/mol. The molecule has 0 spiro atoms. The molecular formula is C13H15Br2NO2. The van der Waals surface area contributed by atoms with E-state index in [1.54, 1.807) is 6.07 Å². The molecule has 18 heavy (non-hydrogen) atoms. The van der Waals surface area contributed by atoms with E-state index in [1.165, 1.54) is 0 Å². The summed E-state index contributed by atoms with van der Waals surface area (Å²) in [6.45, 7) is 5.17. The first-order chi connectivity index (χ1) is 8.65. The van der Waals surface area contributed by atoms with Crippen molar-refractivity contribution in [2.24, 2.45) is 0 Å². The fourth-order valence-electron chi connectivity index (χ4n) is 1.38. The van der Waals surface area contributed by atoms with E-state index in [4.69, 9.17) is 14.7 Å². The van der Waals surface area contributed by atoms with Gasteiger partial charge in [-0.15, -0.1) is 0 Å². The lowest BCUT2D eigenvalue weighted by Crippen LogP contribution is -2.02. The summed E-state index contributed by atoms with van der Waals surface area (Å²) >= 11 is 6.82. The third kappa shape index (κ3) is 3.63. The maximum atomic E-state index is 9.04. The van der Waals surface area contributed by atoms with Crippen LogP contribution in [-0.2, 0) is 0 Å². The highest BCUT2D eigenvalue weighted by molar-refractivity contribution is 9.13. The van der Waals surface area contributed by atoms with E-state index in [1.807, 2.05) is 6.92 Å². The molecule has 0 radical (unpaired) electrons. The number of hydrogen-bond acceptors (Lipinski definition) is 3. The van der Waals surface area contributed by atoms with Crippen LogP contribution in [0.2, 0.25) is 0 Å². The first-order valence-electron chi connectivity index (χ1n) is 5.83. The number of hydrogen-bond donors (Lipinski definition) is 0. The number of benzene rings is 1. The fraction of sp³-hybridized carbons (Fsp3) is 0.462. The highest BCUT2D eigenvalue weighted by Gasteiger charge is 2.17. The Morgan fingerprint density at radius 2 is 1.94 bits per heavy atom. The van der Waals surface area contributed by atoms with E-state index in [2.05, 4.69) is 44.9 Å².